The van der Waals surface area contributed by atoms with Crippen LogP contribution < -0.4 is 0 Å². The molecule has 2 aromatic rings. The minimum absolute atomic E-state index is 0.0241. The molecule has 0 unspecified atom stereocenters. The van der Waals surface area contributed by atoms with E-state index in [2.05, 4.69) is 28.8 Å². The molecule has 0 aromatic carbocycles. The van der Waals surface area contributed by atoms with Gasteiger partial charge in [-0.25, -0.2) is 4.98 Å². The lowest BCUT2D eigenvalue weighted by Crippen LogP contribution is -2.45. The summed E-state index contributed by atoms with van der Waals surface area (Å²) in [6.07, 6.45) is 2.01. The molecule has 7 heteroatoms. The third-order valence-electron chi connectivity index (χ3n) is 5.12. The van der Waals surface area contributed by atoms with Crippen molar-refractivity contribution in [1.82, 2.24) is 24.6 Å². The van der Waals surface area contributed by atoms with Crippen molar-refractivity contribution in [3.63, 3.8) is 0 Å². The van der Waals surface area contributed by atoms with Crippen molar-refractivity contribution in [2.24, 2.45) is 7.05 Å². The van der Waals surface area contributed by atoms with Crippen LogP contribution in [0.5, 0.6) is 0 Å². The van der Waals surface area contributed by atoms with Crippen LogP contribution in [0.1, 0.15) is 44.6 Å². The third kappa shape index (κ3) is 3.93. The molecule has 0 N–H and O–H groups in total. The molecular formula is C18H27N5OS. The van der Waals surface area contributed by atoms with E-state index in [9.17, 15) is 4.79 Å². The first-order valence-electron chi connectivity index (χ1n) is 8.78. The number of aryl methyl sites for hydroxylation is 4. The van der Waals surface area contributed by atoms with E-state index in [-0.39, 0.29) is 11.9 Å². The molecule has 0 spiro atoms. The number of rotatable bonds is 4. The van der Waals surface area contributed by atoms with Crippen LogP contribution in [0.25, 0.3) is 0 Å². The molecular weight excluding hydrogens is 334 g/mol. The Kier molecular flexibility index (Phi) is 5.24. The van der Waals surface area contributed by atoms with Gasteiger partial charge in [-0.2, -0.15) is 5.10 Å². The molecule has 1 aliphatic heterocycles. The molecule has 2 aromatic heterocycles. The molecule has 1 aliphatic rings. The number of carbonyl (C=O) groups excluding carboxylic acids is 1. The maximum Gasteiger partial charge on any atom is 0.274 e. The fourth-order valence-corrected chi connectivity index (χ4v) is 4.38. The summed E-state index contributed by atoms with van der Waals surface area (Å²) >= 11 is 1.79. The van der Waals surface area contributed by atoms with Gasteiger partial charge in [0.1, 0.15) is 0 Å². The van der Waals surface area contributed by atoms with Crippen LogP contribution in [0.15, 0.2) is 6.07 Å². The minimum atomic E-state index is 0.0241. The summed E-state index contributed by atoms with van der Waals surface area (Å²) in [6, 6.07) is 2.15. The van der Waals surface area contributed by atoms with Crippen LogP contribution in [0.2, 0.25) is 0 Å². The first kappa shape index (κ1) is 18.1. The van der Waals surface area contributed by atoms with E-state index in [4.69, 9.17) is 0 Å². The molecule has 3 rings (SSSR count). The number of amides is 1. The van der Waals surface area contributed by atoms with Gasteiger partial charge in [0, 0.05) is 50.3 Å². The SMILES string of the molecule is Cc1nc(C)c(CN2CCC(N(C)C(=O)c3cc(C)n(C)n3)CC2)s1. The minimum Gasteiger partial charge on any atom is -0.337 e. The van der Waals surface area contributed by atoms with E-state index in [1.165, 1.54) is 4.88 Å². The van der Waals surface area contributed by atoms with Crippen molar-refractivity contribution in [3.05, 3.63) is 33.0 Å². The zero-order valence-corrected chi connectivity index (χ0v) is 16.6. The molecule has 136 valence electrons. The van der Waals surface area contributed by atoms with Gasteiger partial charge in [0.15, 0.2) is 5.69 Å². The molecule has 0 atom stereocenters. The molecule has 1 amide bonds. The molecule has 3 heterocycles. The summed E-state index contributed by atoms with van der Waals surface area (Å²) in [5.74, 6) is 0.0241. The lowest BCUT2D eigenvalue weighted by Gasteiger charge is -2.36. The number of hydrogen-bond donors (Lipinski definition) is 0. The standard InChI is InChI=1S/C18H27N5OS/c1-12-10-16(20-22(12)5)18(24)21(4)15-6-8-23(9-7-15)11-17-13(2)19-14(3)25-17/h10,15H,6-9,11H2,1-5H3. The van der Waals surface area contributed by atoms with Crippen molar-refractivity contribution in [1.29, 1.82) is 0 Å². The summed E-state index contributed by atoms with van der Waals surface area (Å²) in [4.78, 5) is 22.9. The van der Waals surface area contributed by atoms with E-state index in [1.54, 1.807) is 16.0 Å². The van der Waals surface area contributed by atoms with E-state index < -0.39 is 0 Å². The van der Waals surface area contributed by atoms with Crippen LogP contribution >= 0.6 is 11.3 Å². The summed E-state index contributed by atoms with van der Waals surface area (Å²) in [7, 11) is 3.77. The van der Waals surface area contributed by atoms with Gasteiger partial charge >= 0.3 is 0 Å². The molecule has 0 radical (unpaired) electrons. The predicted octanol–water partition coefficient (Wildman–Crippen LogP) is 2.54. The highest BCUT2D eigenvalue weighted by atomic mass is 32.1. The van der Waals surface area contributed by atoms with Gasteiger partial charge in [-0.05, 0) is 39.7 Å². The summed E-state index contributed by atoms with van der Waals surface area (Å²) in [5.41, 5.74) is 2.70. The van der Waals surface area contributed by atoms with Crippen molar-refractivity contribution in [2.45, 2.75) is 46.2 Å². The Hall–Kier alpha value is -1.73. The van der Waals surface area contributed by atoms with Crippen molar-refractivity contribution < 1.29 is 4.79 Å². The number of hydrogen-bond acceptors (Lipinski definition) is 5. The van der Waals surface area contributed by atoms with Crippen LogP contribution in [0.3, 0.4) is 0 Å². The van der Waals surface area contributed by atoms with Gasteiger partial charge in [0.2, 0.25) is 0 Å². The number of thiazole rings is 1. The molecule has 1 fully saturated rings. The van der Waals surface area contributed by atoms with Crippen molar-refractivity contribution in [3.8, 4) is 0 Å². The van der Waals surface area contributed by atoms with Crippen LogP contribution in [-0.2, 0) is 13.6 Å². The second kappa shape index (κ2) is 7.25. The topological polar surface area (TPSA) is 54.3 Å². The smallest absolute Gasteiger partial charge is 0.274 e. The highest BCUT2D eigenvalue weighted by Crippen LogP contribution is 2.23. The maximum atomic E-state index is 12.7. The Morgan fingerprint density at radius 3 is 2.52 bits per heavy atom. The van der Waals surface area contributed by atoms with Gasteiger partial charge < -0.3 is 4.90 Å². The Morgan fingerprint density at radius 2 is 2.00 bits per heavy atom. The third-order valence-corrected chi connectivity index (χ3v) is 6.18. The first-order valence-corrected chi connectivity index (χ1v) is 9.60. The second-order valence-electron chi connectivity index (χ2n) is 6.96. The van der Waals surface area contributed by atoms with Gasteiger partial charge in [0.25, 0.3) is 5.91 Å². The number of aromatic nitrogens is 3. The largest absolute Gasteiger partial charge is 0.337 e. The summed E-state index contributed by atoms with van der Waals surface area (Å²) < 4.78 is 1.75. The fourth-order valence-electron chi connectivity index (χ4n) is 3.40. The average molecular weight is 362 g/mol. The predicted molar refractivity (Wildman–Crippen MR) is 99.9 cm³/mol. The zero-order valence-electron chi connectivity index (χ0n) is 15.7. The Balaban J connectivity index is 1.56. The molecule has 6 nitrogen and oxygen atoms in total. The van der Waals surface area contributed by atoms with Crippen LogP contribution in [0, 0.1) is 20.8 Å². The van der Waals surface area contributed by atoms with Crippen molar-refractivity contribution in [2.75, 3.05) is 20.1 Å². The van der Waals surface area contributed by atoms with Crippen LogP contribution in [0.4, 0.5) is 0 Å². The molecule has 0 saturated carbocycles. The van der Waals surface area contributed by atoms with E-state index >= 15 is 0 Å². The average Bonchev–Trinajstić information content (AvgIpc) is 3.08. The van der Waals surface area contributed by atoms with Crippen LogP contribution in [-0.4, -0.2) is 56.7 Å². The Morgan fingerprint density at radius 1 is 1.32 bits per heavy atom. The summed E-state index contributed by atoms with van der Waals surface area (Å²) in [5, 5.41) is 5.46. The fraction of sp³-hybridized carbons (Fsp3) is 0.611. The second-order valence-corrected chi connectivity index (χ2v) is 8.25. The highest BCUT2D eigenvalue weighted by molar-refractivity contribution is 7.11. The summed E-state index contributed by atoms with van der Waals surface area (Å²) in [6.45, 7) is 9.12. The van der Waals surface area contributed by atoms with Gasteiger partial charge in [-0.1, -0.05) is 0 Å². The Bertz CT molecular complexity index is 738. The normalized spacial score (nSPS) is 16.4. The van der Waals surface area contributed by atoms with E-state index in [1.807, 2.05) is 32.0 Å². The monoisotopic (exact) mass is 361 g/mol. The zero-order chi connectivity index (χ0) is 18.1. The van der Waals surface area contributed by atoms with Gasteiger partial charge in [0.05, 0.1) is 10.7 Å². The molecule has 1 saturated heterocycles. The quantitative estimate of drug-likeness (QED) is 0.840. The van der Waals surface area contributed by atoms with Gasteiger partial charge in [-0.15, -0.1) is 11.3 Å². The molecule has 25 heavy (non-hydrogen) atoms. The highest BCUT2D eigenvalue weighted by Gasteiger charge is 2.27. The number of piperidine rings is 1. The number of carbonyl (C=O) groups is 1. The lowest BCUT2D eigenvalue weighted by molar-refractivity contribution is 0.0630. The van der Waals surface area contributed by atoms with Gasteiger partial charge in [-0.3, -0.25) is 14.4 Å². The lowest BCUT2D eigenvalue weighted by atomic mass is 10.0. The number of nitrogens with zero attached hydrogens (tertiary/aromatic N) is 5. The number of likely N-dealkylation sites (tertiary alicyclic amines) is 1. The first-order chi connectivity index (χ1) is 11.8. The maximum absolute atomic E-state index is 12.7. The van der Waals surface area contributed by atoms with E-state index in [0.29, 0.717) is 5.69 Å². The Labute approximate surface area is 153 Å². The molecule has 0 bridgehead atoms. The van der Waals surface area contributed by atoms with Crippen molar-refractivity contribution >= 4 is 17.2 Å². The van der Waals surface area contributed by atoms with E-state index in [0.717, 1.165) is 48.9 Å². The molecule has 0 aliphatic carbocycles.